The number of halogens is 2. The number of amides is 2. The van der Waals surface area contributed by atoms with E-state index >= 15 is 0 Å². The number of carbonyl (C=O) groups is 2. The van der Waals surface area contributed by atoms with E-state index in [1.54, 1.807) is 29.3 Å². The number of nitrogens with zero attached hydrogens (tertiary/aromatic N) is 2. The van der Waals surface area contributed by atoms with Gasteiger partial charge in [-0.2, -0.15) is 0 Å². The summed E-state index contributed by atoms with van der Waals surface area (Å²) in [6.07, 6.45) is 2.60. The van der Waals surface area contributed by atoms with E-state index in [9.17, 15) is 9.59 Å². The van der Waals surface area contributed by atoms with Crippen LogP contribution in [0.3, 0.4) is 0 Å². The molecule has 0 aliphatic heterocycles. The Balaban J connectivity index is 1.51. The van der Waals surface area contributed by atoms with Gasteiger partial charge in [0, 0.05) is 35.6 Å². The minimum absolute atomic E-state index is 0.0928. The predicted molar refractivity (Wildman–Crippen MR) is 145 cm³/mol. The highest BCUT2D eigenvalue weighted by molar-refractivity contribution is 6.37. The zero-order valence-electron chi connectivity index (χ0n) is 19.5. The van der Waals surface area contributed by atoms with E-state index in [0.717, 1.165) is 16.8 Å². The molecule has 4 aromatic rings. The average molecular weight is 518 g/mol. The van der Waals surface area contributed by atoms with Crippen molar-refractivity contribution >= 4 is 40.7 Å². The Morgan fingerprint density at radius 1 is 0.833 bits per heavy atom. The fourth-order valence-corrected chi connectivity index (χ4v) is 4.30. The van der Waals surface area contributed by atoms with Crippen LogP contribution in [0.4, 0.5) is 5.69 Å². The van der Waals surface area contributed by atoms with Crippen LogP contribution in [-0.4, -0.2) is 23.3 Å². The summed E-state index contributed by atoms with van der Waals surface area (Å²) in [5.74, 6) is -0.345. The van der Waals surface area contributed by atoms with Gasteiger partial charge in [0.1, 0.15) is 0 Å². The number of hydrogen-bond acceptors (Lipinski definition) is 3. The smallest absolute Gasteiger partial charge is 0.260 e. The molecule has 2 amide bonds. The number of anilines is 1. The van der Waals surface area contributed by atoms with E-state index in [1.807, 2.05) is 72.8 Å². The Morgan fingerprint density at radius 2 is 1.61 bits per heavy atom. The molecule has 4 rings (SSSR count). The van der Waals surface area contributed by atoms with Crippen LogP contribution in [-0.2, 0) is 24.2 Å². The maximum atomic E-state index is 13.6. The second kappa shape index (κ2) is 12.3. The molecule has 0 saturated heterocycles. The Hall–Kier alpha value is -3.67. The number of aromatic nitrogens is 1. The second-order valence-corrected chi connectivity index (χ2v) is 9.11. The van der Waals surface area contributed by atoms with Gasteiger partial charge in [-0.3, -0.25) is 14.6 Å². The predicted octanol–water partition coefficient (Wildman–Crippen LogP) is 6.14. The van der Waals surface area contributed by atoms with Crippen molar-refractivity contribution in [1.29, 1.82) is 0 Å². The fraction of sp³-hybridized carbons (Fsp3) is 0.138. The first-order valence-corrected chi connectivity index (χ1v) is 12.3. The van der Waals surface area contributed by atoms with Crippen LogP contribution in [0.15, 0.2) is 97.2 Å². The summed E-state index contributed by atoms with van der Waals surface area (Å²) in [6, 6.07) is 27.7. The quantitative estimate of drug-likeness (QED) is 0.290. The Morgan fingerprint density at radius 3 is 2.36 bits per heavy atom. The molecule has 0 fully saturated rings. The molecule has 3 aromatic carbocycles. The molecule has 0 aliphatic rings. The standard InChI is InChI=1S/C29H25Cl2N3O2/c30-23-12-13-26(27(31)19-23)29(36)34(20-21-7-2-1-3-8-21)25-11-6-9-22(17-25)18-28(35)33-16-14-24-10-4-5-15-32-24/h1-13,15,17,19H,14,16,18,20H2,(H,33,35). The van der Waals surface area contributed by atoms with Gasteiger partial charge in [-0.15, -0.1) is 0 Å². The van der Waals surface area contributed by atoms with Crippen LogP contribution in [0, 0.1) is 0 Å². The SMILES string of the molecule is O=C(Cc1cccc(N(Cc2ccccc2)C(=O)c2ccc(Cl)cc2Cl)c1)NCCc1ccccn1. The van der Waals surface area contributed by atoms with E-state index in [4.69, 9.17) is 23.2 Å². The molecular weight excluding hydrogens is 493 g/mol. The maximum Gasteiger partial charge on any atom is 0.260 e. The molecule has 0 saturated carbocycles. The summed E-state index contributed by atoms with van der Waals surface area (Å²) >= 11 is 12.4. The van der Waals surface area contributed by atoms with Crippen LogP contribution < -0.4 is 10.2 Å². The summed E-state index contributed by atoms with van der Waals surface area (Å²) in [5.41, 5.74) is 3.73. The number of hydrogen-bond donors (Lipinski definition) is 1. The van der Waals surface area contributed by atoms with E-state index in [-0.39, 0.29) is 23.3 Å². The van der Waals surface area contributed by atoms with Crippen molar-refractivity contribution in [2.24, 2.45) is 0 Å². The highest BCUT2D eigenvalue weighted by atomic mass is 35.5. The lowest BCUT2D eigenvalue weighted by Crippen LogP contribution is -2.31. The van der Waals surface area contributed by atoms with Crippen molar-refractivity contribution in [3.05, 3.63) is 130 Å². The zero-order chi connectivity index (χ0) is 25.3. The van der Waals surface area contributed by atoms with Crippen molar-refractivity contribution in [2.75, 3.05) is 11.4 Å². The van der Waals surface area contributed by atoms with Gasteiger partial charge in [-0.05, 0) is 53.6 Å². The summed E-state index contributed by atoms with van der Waals surface area (Å²) in [5, 5.41) is 3.69. The molecular formula is C29H25Cl2N3O2. The van der Waals surface area contributed by atoms with Gasteiger partial charge in [0.05, 0.1) is 23.6 Å². The largest absolute Gasteiger partial charge is 0.355 e. The summed E-state index contributed by atoms with van der Waals surface area (Å²) in [6.45, 7) is 0.849. The van der Waals surface area contributed by atoms with Gasteiger partial charge in [0.2, 0.25) is 5.91 Å². The third-order valence-electron chi connectivity index (χ3n) is 5.61. The Kier molecular flexibility index (Phi) is 8.71. The minimum Gasteiger partial charge on any atom is -0.355 e. The first-order valence-electron chi connectivity index (χ1n) is 11.6. The molecule has 1 aromatic heterocycles. The third-order valence-corrected chi connectivity index (χ3v) is 6.15. The summed E-state index contributed by atoms with van der Waals surface area (Å²) in [4.78, 5) is 32.1. The van der Waals surface area contributed by atoms with Gasteiger partial charge in [-0.1, -0.05) is 71.7 Å². The second-order valence-electron chi connectivity index (χ2n) is 8.27. The Labute approximate surface area is 220 Å². The number of pyridine rings is 1. The van der Waals surface area contributed by atoms with E-state index in [1.165, 1.54) is 0 Å². The Bertz CT molecular complexity index is 1330. The van der Waals surface area contributed by atoms with Crippen molar-refractivity contribution in [3.63, 3.8) is 0 Å². The third kappa shape index (κ3) is 6.94. The molecule has 0 bridgehead atoms. The van der Waals surface area contributed by atoms with Crippen LogP contribution in [0.25, 0.3) is 0 Å². The number of nitrogens with one attached hydrogen (secondary N) is 1. The lowest BCUT2D eigenvalue weighted by molar-refractivity contribution is -0.120. The monoisotopic (exact) mass is 517 g/mol. The first kappa shape index (κ1) is 25.4. The molecule has 0 radical (unpaired) electrons. The highest BCUT2D eigenvalue weighted by Crippen LogP contribution is 2.27. The first-order chi connectivity index (χ1) is 17.5. The summed E-state index contributed by atoms with van der Waals surface area (Å²) in [7, 11) is 0. The van der Waals surface area contributed by atoms with Crippen molar-refractivity contribution in [1.82, 2.24) is 10.3 Å². The molecule has 0 unspecified atom stereocenters. The van der Waals surface area contributed by atoms with Crippen LogP contribution >= 0.6 is 23.2 Å². The lowest BCUT2D eigenvalue weighted by Gasteiger charge is -2.24. The van der Waals surface area contributed by atoms with Gasteiger partial charge < -0.3 is 10.2 Å². The van der Waals surface area contributed by atoms with Crippen molar-refractivity contribution in [2.45, 2.75) is 19.4 Å². The molecule has 1 N–H and O–H groups in total. The lowest BCUT2D eigenvalue weighted by atomic mass is 10.1. The normalized spacial score (nSPS) is 10.6. The molecule has 0 spiro atoms. The fourth-order valence-electron chi connectivity index (χ4n) is 3.81. The zero-order valence-corrected chi connectivity index (χ0v) is 21.0. The molecule has 1 heterocycles. The number of rotatable bonds is 9. The molecule has 5 nitrogen and oxygen atoms in total. The van der Waals surface area contributed by atoms with Gasteiger partial charge in [-0.25, -0.2) is 0 Å². The maximum absolute atomic E-state index is 13.6. The van der Waals surface area contributed by atoms with Crippen molar-refractivity contribution in [3.8, 4) is 0 Å². The number of carbonyl (C=O) groups excluding carboxylic acids is 2. The van der Waals surface area contributed by atoms with Gasteiger partial charge >= 0.3 is 0 Å². The van der Waals surface area contributed by atoms with E-state index < -0.39 is 0 Å². The van der Waals surface area contributed by atoms with Crippen molar-refractivity contribution < 1.29 is 9.59 Å². The highest BCUT2D eigenvalue weighted by Gasteiger charge is 2.21. The minimum atomic E-state index is -0.252. The molecule has 36 heavy (non-hydrogen) atoms. The molecule has 182 valence electrons. The van der Waals surface area contributed by atoms with Gasteiger partial charge in [0.25, 0.3) is 5.91 Å². The topological polar surface area (TPSA) is 62.3 Å². The molecule has 0 atom stereocenters. The molecule has 0 aliphatic carbocycles. The number of benzene rings is 3. The van der Waals surface area contributed by atoms with Crippen LogP contribution in [0.2, 0.25) is 10.0 Å². The average Bonchev–Trinajstić information content (AvgIpc) is 2.88. The van der Waals surface area contributed by atoms with Gasteiger partial charge in [0.15, 0.2) is 0 Å². The van der Waals surface area contributed by atoms with E-state index in [2.05, 4.69) is 10.3 Å². The van der Waals surface area contributed by atoms with Crippen LogP contribution in [0.1, 0.15) is 27.2 Å². The molecule has 7 heteroatoms. The van der Waals surface area contributed by atoms with Crippen LogP contribution in [0.5, 0.6) is 0 Å². The summed E-state index contributed by atoms with van der Waals surface area (Å²) < 4.78 is 0. The van der Waals surface area contributed by atoms with E-state index in [0.29, 0.717) is 35.8 Å².